The van der Waals surface area contributed by atoms with Crippen LogP contribution in [-0.2, 0) is 4.79 Å². The number of aliphatic hydroxyl groups is 2. The molecular weight excluding hydrogens is 216 g/mol. The highest BCUT2D eigenvalue weighted by Gasteiger charge is 2.43. The lowest BCUT2D eigenvalue weighted by molar-refractivity contribution is -0.126. The Bertz CT molecular complexity index is 408. The Morgan fingerprint density at radius 3 is 2.94 bits per heavy atom. The first kappa shape index (κ1) is 11.2. The van der Waals surface area contributed by atoms with Crippen LogP contribution in [0.2, 0.25) is 0 Å². The molecule has 0 aromatic carbocycles. The SMILES string of the molecule is O=C1C2=C(CCCC2O)CC2CC=CC(O)C12. The van der Waals surface area contributed by atoms with Crippen LogP contribution in [0.5, 0.6) is 0 Å². The van der Waals surface area contributed by atoms with E-state index in [9.17, 15) is 15.0 Å². The van der Waals surface area contributed by atoms with Crippen molar-refractivity contribution in [2.45, 2.75) is 44.3 Å². The maximum atomic E-state index is 12.4. The molecule has 0 aromatic rings. The van der Waals surface area contributed by atoms with Crippen molar-refractivity contribution in [3.05, 3.63) is 23.3 Å². The number of carbonyl (C=O) groups is 1. The molecule has 2 N–H and O–H groups in total. The lowest BCUT2D eigenvalue weighted by atomic mass is 9.65. The van der Waals surface area contributed by atoms with Crippen LogP contribution in [0.1, 0.15) is 32.1 Å². The van der Waals surface area contributed by atoms with Crippen molar-refractivity contribution in [1.29, 1.82) is 0 Å². The van der Waals surface area contributed by atoms with Crippen molar-refractivity contribution < 1.29 is 15.0 Å². The lowest BCUT2D eigenvalue weighted by Crippen LogP contribution is -2.43. The monoisotopic (exact) mass is 234 g/mol. The van der Waals surface area contributed by atoms with E-state index in [4.69, 9.17) is 0 Å². The highest BCUT2D eigenvalue weighted by molar-refractivity contribution is 6.00. The van der Waals surface area contributed by atoms with Gasteiger partial charge in [0.2, 0.25) is 0 Å². The summed E-state index contributed by atoms with van der Waals surface area (Å²) in [6.45, 7) is 0. The van der Waals surface area contributed by atoms with Crippen molar-refractivity contribution in [3.8, 4) is 0 Å². The lowest BCUT2D eigenvalue weighted by Gasteiger charge is -2.40. The van der Waals surface area contributed by atoms with Gasteiger partial charge < -0.3 is 10.2 Å². The van der Waals surface area contributed by atoms with Crippen LogP contribution in [0.4, 0.5) is 0 Å². The van der Waals surface area contributed by atoms with Crippen molar-refractivity contribution in [2.24, 2.45) is 11.8 Å². The first-order valence-electron chi connectivity index (χ1n) is 6.47. The molecule has 4 unspecified atom stereocenters. The summed E-state index contributed by atoms with van der Waals surface area (Å²) < 4.78 is 0. The first-order chi connectivity index (χ1) is 8.18. The van der Waals surface area contributed by atoms with E-state index in [2.05, 4.69) is 0 Å². The van der Waals surface area contributed by atoms with E-state index < -0.39 is 12.2 Å². The molecule has 0 amide bonds. The number of hydrogen-bond donors (Lipinski definition) is 2. The fraction of sp³-hybridized carbons (Fsp3) is 0.643. The van der Waals surface area contributed by atoms with Crippen LogP contribution in [0.3, 0.4) is 0 Å². The Balaban J connectivity index is 1.99. The molecule has 3 aliphatic rings. The predicted octanol–water partition coefficient (Wildman–Crippen LogP) is 1.35. The van der Waals surface area contributed by atoms with Gasteiger partial charge >= 0.3 is 0 Å². The summed E-state index contributed by atoms with van der Waals surface area (Å²) in [6, 6.07) is 0. The highest BCUT2D eigenvalue weighted by atomic mass is 16.3. The van der Waals surface area contributed by atoms with Crippen LogP contribution in [0.15, 0.2) is 23.3 Å². The number of ketones is 1. The Morgan fingerprint density at radius 2 is 2.12 bits per heavy atom. The van der Waals surface area contributed by atoms with Gasteiger partial charge in [0.15, 0.2) is 5.78 Å². The van der Waals surface area contributed by atoms with Gasteiger partial charge in [-0.1, -0.05) is 17.7 Å². The Morgan fingerprint density at radius 1 is 1.29 bits per heavy atom. The topological polar surface area (TPSA) is 57.5 Å². The average molecular weight is 234 g/mol. The molecule has 0 aromatic heterocycles. The highest BCUT2D eigenvalue weighted by Crippen LogP contribution is 2.43. The number of rotatable bonds is 0. The van der Waals surface area contributed by atoms with Crippen LogP contribution >= 0.6 is 0 Å². The van der Waals surface area contributed by atoms with Gasteiger partial charge in [0.25, 0.3) is 0 Å². The summed E-state index contributed by atoms with van der Waals surface area (Å²) in [5.74, 6) is -0.0710. The third-order valence-electron chi connectivity index (χ3n) is 4.39. The van der Waals surface area contributed by atoms with Crippen LogP contribution in [0.25, 0.3) is 0 Å². The van der Waals surface area contributed by atoms with E-state index in [-0.39, 0.29) is 17.6 Å². The van der Waals surface area contributed by atoms with Crippen molar-refractivity contribution in [1.82, 2.24) is 0 Å². The second-order valence-corrected chi connectivity index (χ2v) is 5.43. The number of aliphatic hydroxyl groups excluding tert-OH is 2. The molecular formula is C14H18O3. The molecule has 3 aliphatic carbocycles. The first-order valence-corrected chi connectivity index (χ1v) is 6.47. The van der Waals surface area contributed by atoms with Gasteiger partial charge in [-0.2, -0.15) is 0 Å². The minimum Gasteiger partial charge on any atom is -0.388 e. The second kappa shape index (κ2) is 4.07. The standard InChI is InChI=1S/C14H18O3/c15-10-5-1-3-8-7-9-4-2-6-11(16)13(9)14(17)12(8)10/h1,5,8,10-12,15-16H,2-4,6-7H2. The molecule has 3 nitrogen and oxygen atoms in total. The number of allylic oxidation sites excluding steroid dienone is 2. The second-order valence-electron chi connectivity index (χ2n) is 5.43. The van der Waals surface area contributed by atoms with Gasteiger partial charge in [-0.15, -0.1) is 0 Å². The Labute approximate surface area is 101 Å². The number of Topliss-reactive ketones (excluding diaryl/α,β-unsaturated/α-hetero) is 1. The minimum absolute atomic E-state index is 0.000278. The number of fused-ring (bicyclic) bond motifs is 1. The zero-order chi connectivity index (χ0) is 12.0. The fourth-order valence-corrected chi connectivity index (χ4v) is 3.59. The van der Waals surface area contributed by atoms with Gasteiger partial charge in [-0.25, -0.2) is 0 Å². The Hall–Kier alpha value is -0.930. The molecule has 0 spiro atoms. The molecule has 92 valence electrons. The molecule has 0 radical (unpaired) electrons. The van der Waals surface area contributed by atoms with Crippen molar-refractivity contribution in [2.75, 3.05) is 0 Å². The molecule has 0 aliphatic heterocycles. The average Bonchev–Trinajstić information content (AvgIpc) is 2.28. The van der Waals surface area contributed by atoms with Gasteiger partial charge in [-0.05, 0) is 38.0 Å². The smallest absolute Gasteiger partial charge is 0.167 e. The molecule has 0 bridgehead atoms. The van der Waals surface area contributed by atoms with Gasteiger partial charge in [0.05, 0.1) is 18.1 Å². The van der Waals surface area contributed by atoms with E-state index in [0.29, 0.717) is 12.0 Å². The van der Waals surface area contributed by atoms with E-state index in [1.165, 1.54) is 0 Å². The van der Waals surface area contributed by atoms with Crippen LogP contribution < -0.4 is 0 Å². The summed E-state index contributed by atoms with van der Waals surface area (Å²) in [5, 5.41) is 19.9. The summed E-state index contributed by atoms with van der Waals surface area (Å²) in [6.07, 6.45) is 6.81. The van der Waals surface area contributed by atoms with Gasteiger partial charge in [-0.3, -0.25) is 4.79 Å². The third kappa shape index (κ3) is 1.69. The van der Waals surface area contributed by atoms with E-state index in [0.717, 1.165) is 31.3 Å². The van der Waals surface area contributed by atoms with Crippen LogP contribution in [-0.4, -0.2) is 28.2 Å². The minimum atomic E-state index is -0.663. The maximum absolute atomic E-state index is 12.4. The van der Waals surface area contributed by atoms with Gasteiger partial charge in [0.1, 0.15) is 0 Å². The maximum Gasteiger partial charge on any atom is 0.167 e. The molecule has 4 atom stereocenters. The molecule has 3 rings (SSSR count). The molecule has 0 saturated carbocycles. The predicted molar refractivity (Wildman–Crippen MR) is 63.3 cm³/mol. The summed E-state index contributed by atoms with van der Waals surface area (Å²) in [4.78, 5) is 12.4. The summed E-state index contributed by atoms with van der Waals surface area (Å²) in [5.41, 5.74) is 1.78. The fourth-order valence-electron chi connectivity index (χ4n) is 3.59. The normalized spacial score (nSPS) is 41.2. The zero-order valence-corrected chi connectivity index (χ0v) is 9.80. The van der Waals surface area contributed by atoms with Crippen LogP contribution in [0, 0.1) is 11.8 Å². The molecule has 17 heavy (non-hydrogen) atoms. The zero-order valence-electron chi connectivity index (χ0n) is 9.80. The van der Waals surface area contributed by atoms with Crippen molar-refractivity contribution in [3.63, 3.8) is 0 Å². The molecule has 0 heterocycles. The molecule has 3 heteroatoms. The van der Waals surface area contributed by atoms with E-state index in [1.807, 2.05) is 6.08 Å². The van der Waals surface area contributed by atoms with E-state index in [1.54, 1.807) is 6.08 Å². The Kier molecular flexibility index (Phi) is 2.68. The molecule has 0 saturated heterocycles. The largest absolute Gasteiger partial charge is 0.388 e. The summed E-state index contributed by atoms with van der Waals surface area (Å²) in [7, 11) is 0. The molecule has 0 fully saturated rings. The van der Waals surface area contributed by atoms with Gasteiger partial charge in [0, 0.05) is 5.57 Å². The quantitative estimate of drug-likeness (QED) is 0.622. The number of hydrogen-bond acceptors (Lipinski definition) is 3. The third-order valence-corrected chi connectivity index (χ3v) is 4.39. The number of carbonyl (C=O) groups excluding carboxylic acids is 1. The van der Waals surface area contributed by atoms with E-state index >= 15 is 0 Å². The summed E-state index contributed by atoms with van der Waals surface area (Å²) >= 11 is 0. The van der Waals surface area contributed by atoms with Crippen molar-refractivity contribution >= 4 is 5.78 Å².